The van der Waals surface area contributed by atoms with Crippen molar-refractivity contribution in [3.05, 3.63) is 71.7 Å². The zero-order valence-corrected chi connectivity index (χ0v) is 17.5. The summed E-state index contributed by atoms with van der Waals surface area (Å²) >= 11 is 0. The molecule has 1 aliphatic heterocycles. The molecular formula is C22H18F5N5O2. The number of aliphatic imine (C=N–C) groups is 1. The Balaban J connectivity index is 1.64. The van der Waals surface area contributed by atoms with Crippen LogP contribution < -0.4 is 11.1 Å². The van der Waals surface area contributed by atoms with E-state index in [0.29, 0.717) is 0 Å². The van der Waals surface area contributed by atoms with Gasteiger partial charge in [-0.05, 0) is 24.3 Å². The van der Waals surface area contributed by atoms with E-state index < -0.39 is 60.4 Å². The van der Waals surface area contributed by atoms with E-state index in [0.717, 1.165) is 35.4 Å². The zero-order valence-electron chi connectivity index (χ0n) is 17.5. The smallest absolute Gasteiger partial charge is 0.295 e. The zero-order chi connectivity index (χ0) is 24.6. The second-order valence-corrected chi connectivity index (χ2v) is 7.52. The molecular weight excluding hydrogens is 461 g/mol. The first kappa shape index (κ1) is 23.2. The van der Waals surface area contributed by atoms with Gasteiger partial charge in [-0.3, -0.25) is 4.79 Å². The van der Waals surface area contributed by atoms with Gasteiger partial charge in [0.05, 0.1) is 5.56 Å². The Morgan fingerprint density at radius 2 is 2.09 bits per heavy atom. The van der Waals surface area contributed by atoms with Crippen molar-refractivity contribution in [2.45, 2.75) is 18.4 Å². The van der Waals surface area contributed by atoms with E-state index in [-0.39, 0.29) is 28.5 Å². The average Bonchev–Trinajstić information content (AvgIpc) is 3.32. The van der Waals surface area contributed by atoms with Crippen LogP contribution in [0.15, 0.2) is 52.5 Å². The van der Waals surface area contributed by atoms with Gasteiger partial charge in [-0.15, -0.1) is 0 Å². The molecule has 0 radical (unpaired) electrons. The molecule has 178 valence electrons. The number of hydrogen-bond donors (Lipinski definition) is 2. The summed E-state index contributed by atoms with van der Waals surface area (Å²) in [6.45, 7) is 2.39. The fraction of sp³-hybridized carbons (Fsp3) is 0.227. The molecule has 1 saturated heterocycles. The third-order valence-corrected chi connectivity index (χ3v) is 5.42. The highest BCUT2D eigenvalue weighted by molar-refractivity contribution is 6.09. The largest absolute Gasteiger partial charge is 0.424 e. The number of fused-ring (bicyclic) bond motifs is 1. The van der Waals surface area contributed by atoms with Gasteiger partial charge < -0.3 is 20.4 Å². The predicted molar refractivity (Wildman–Crippen MR) is 114 cm³/mol. The minimum atomic E-state index is -3.36. The molecule has 0 bridgehead atoms. The molecule has 2 aromatic carbocycles. The number of rotatable bonds is 6. The van der Waals surface area contributed by atoms with Gasteiger partial charge in [-0.25, -0.2) is 26.9 Å². The molecule has 3 N–H and O–H groups in total. The van der Waals surface area contributed by atoms with Crippen molar-refractivity contribution in [2.75, 3.05) is 18.4 Å². The molecule has 0 spiro atoms. The van der Waals surface area contributed by atoms with Crippen LogP contribution in [0.5, 0.6) is 0 Å². The number of amides is 1. The molecule has 3 aromatic rings. The fourth-order valence-corrected chi connectivity index (χ4v) is 3.77. The van der Waals surface area contributed by atoms with Crippen LogP contribution in [0.25, 0.3) is 11.1 Å². The van der Waals surface area contributed by atoms with E-state index in [1.54, 1.807) is 0 Å². The normalized spacial score (nSPS) is 17.9. The van der Waals surface area contributed by atoms with Crippen LogP contribution in [0.1, 0.15) is 22.3 Å². The maximum atomic E-state index is 14.7. The van der Waals surface area contributed by atoms with Crippen molar-refractivity contribution in [1.29, 1.82) is 0 Å². The Hall–Kier alpha value is -3.96. The van der Waals surface area contributed by atoms with Gasteiger partial charge in [0, 0.05) is 37.3 Å². The Morgan fingerprint density at radius 1 is 1.32 bits per heavy atom. The maximum absolute atomic E-state index is 14.7. The topological polar surface area (TPSA) is 96.8 Å². The number of nitrogens with two attached hydrogens (primary N) is 1. The highest BCUT2D eigenvalue weighted by atomic mass is 19.3. The third kappa shape index (κ3) is 4.18. The molecule has 1 atom stereocenters. The summed E-state index contributed by atoms with van der Waals surface area (Å²) < 4.78 is 76.7. The predicted octanol–water partition coefficient (Wildman–Crippen LogP) is 4.06. The lowest BCUT2D eigenvalue weighted by atomic mass is 10.0. The van der Waals surface area contributed by atoms with Crippen LogP contribution in [-0.4, -0.2) is 46.7 Å². The monoisotopic (exact) mass is 479 g/mol. The Kier molecular flexibility index (Phi) is 5.98. The molecule has 34 heavy (non-hydrogen) atoms. The number of benzene rings is 2. The van der Waals surface area contributed by atoms with E-state index in [1.807, 2.05) is 0 Å². The van der Waals surface area contributed by atoms with Gasteiger partial charge in [0.2, 0.25) is 0 Å². The number of alkyl halides is 2. The van der Waals surface area contributed by atoms with Crippen molar-refractivity contribution < 1.29 is 31.2 Å². The van der Waals surface area contributed by atoms with Crippen LogP contribution in [0, 0.1) is 17.5 Å². The minimum Gasteiger partial charge on any atom is -0.424 e. The van der Waals surface area contributed by atoms with Crippen molar-refractivity contribution in [3.8, 4) is 0 Å². The minimum absolute atomic E-state index is 0.164. The number of aromatic nitrogens is 1. The second-order valence-electron chi connectivity index (χ2n) is 7.52. The number of oxazole rings is 1. The number of carbonyl (C=O) groups excluding carboxylic acids is 1. The third-order valence-electron chi connectivity index (χ3n) is 5.42. The molecule has 1 aromatic heterocycles. The molecule has 4 rings (SSSR count). The first-order valence-electron chi connectivity index (χ1n) is 10.0. The quantitative estimate of drug-likeness (QED) is 0.316. The van der Waals surface area contributed by atoms with Gasteiger partial charge in [-0.2, -0.15) is 4.98 Å². The Morgan fingerprint density at radius 3 is 2.82 bits per heavy atom. The van der Waals surface area contributed by atoms with Crippen LogP contribution in [0.4, 0.5) is 28.0 Å². The number of carbonyl (C=O) groups is 1. The summed E-state index contributed by atoms with van der Waals surface area (Å²) in [7, 11) is 0. The van der Waals surface area contributed by atoms with Crippen LogP contribution in [-0.2, 0) is 0 Å². The first-order chi connectivity index (χ1) is 16.1. The number of amidine groups is 1. The Labute approximate surface area is 189 Å². The van der Waals surface area contributed by atoms with Gasteiger partial charge in [-0.1, -0.05) is 6.58 Å². The van der Waals surface area contributed by atoms with Crippen molar-refractivity contribution in [2.24, 2.45) is 10.7 Å². The van der Waals surface area contributed by atoms with Crippen LogP contribution in [0.3, 0.4) is 0 Å². The number of likely N-dealkylation sites (tertiary alicyclic amines) is 1. The average molecular weight is 479 g/mol. The van der Waals surface area contributed by atoms with Crippen molar-refractivity contribution in [1.82, 2.24) is 9.88 Å². The van der Waals surface area contributed by atoms with Crippen molar-refractivity contribution in [3.63, 3.8) is 0 Å². The molecule has 12 heteroatoms. The van der Waals surface area contributed by atoms with E-state index in [2.05, 4.69) is 21.9 Å². The van der Waals surface area contributed by atoms with E-state index in [4.69, 9.17) is 10.2 Å². The van der Waals surface area contributed by atoms with Crippen molar-refractivity contribution >= 4 is 28.9 Å². The van der Waals surface area contributed by atoms with E-state index in [9.17, 15) is 26.7 Å². The first-order valence-corrected chi connectivity index (χ1v) is 10.0. The number of halogens is 5. The number of nitrogens with zero attached hydrogens (tertiary/aromatic N) is 3. The summed E-state index contributed by atoms with van der Waals surface area (Å²) in [4.78, 5) is 21.6. The lowest BCUT2D eigenvalue weighted by Crippen LogP contribution is -2.47. The van der Waals surface area contributed by atoms with E-state index >= 15 is 0 Å². The number of nitrogens with one attached hydrogen (secondary N) is 1. The summed E-state index contributed by atoms with van der Waals surface area (Å²) in [6, 6.07) is 3.44. The molecule has 0 aliphatic carbocycles. The molecule has 1 aliphatic rings. The van der Waals surface area contributed by atoms with Crippen LogP contribution >= 0.6 is 0 Å². The number of hydrogen-bond acceptors (Lipinski definition) is 5. The molecule has 1 fully saturated rings. The van der Waals surface area contributed by atoms with Gasteiger partial charge in [0.1, 0.15) is 23.2 Å². The molecule has 0 unspecified atom stereocenters. The highest BCUT2D eigenvalue weighted by Crippen LogP contribution is 2.36. The Bertz CT molecular complexity index is 1310. The second kappa shape index (κ2) is 8.76. The lowest BCUT2D eigenvalue weighted by molar-refractivity contribution is -0.0250. The maximum Gasteiger partial charge on any atom is 0.295 e. The van der Waals surface area contributed by atoms with E-state index in [1.165, 1.54) is 6.07 Å². The summed E-state index contributed by atoms with van der Waals surface area (Å²) in [5.74, 6) is -8.32. The lowest BCUT2D eigenvalue weighted by Gasteiger charge is -2.28. The number of anilines is 1. The summed E-state index contributed by atoms with van der Waals surface area (Å²) in [5, 5.41) is 2.57. The fourth-order valence-electron chi connectivity index (χ4n) is 3.77. The highest BCUT2D eigenvalue weighted by Gasteiger charge is 2.51. The standard InChI is InChI=1S/C22H18F5N5O2/c1-2-29-19(28)12-4-5-13(24)18(25)17(12)20(33)32-8-7-22(26,27)16(32)10-30-21-31-14-9-11(23)3-6-15(14)34-21/h2-6,9,16H,1,7-8,10H2,(H2,28,29)(H,30,31)/t16-/m1/s1. The molecule has 0 saturated carbocycles. The summed E-state index contributed by atoms with van der Waals surface area (Å²) in [5.41, 5.74) is 5.05. The summed E-state index contributed by atoms with van der Waals surface area (Å²) in [6.07, 6.45) is 0.333. The molecule has 7 nitrogen and oxygen atoms in total. The van der Waals surface area contributed by atoms with Gasteiger partial charge in [0.25, 0.3) is 17.8 Å². The van der Waals surface area contributed by atoms with Gasteiger partial charge in [0.15, 0.2) is 17.2 Å². The SMILES string of the molecule is C=CN=C(N)c1ccc(F)c(F)c1C(=O)N1CCC(F)(F)[C@H]1CNc1nc2cc(F)ccc2o1. The molecule has 1 amide bonds. The van der Waals surface area contributed by atoms with Crippen LogP contribution in [0.2, 0.25) is 0 Å². The molecule has 2 heterocycles. The van der Waals surface area contributed by atoms with Gasteiger partial charge >= 0.3 is 0 Å².